The van der Waals surface area contributed by atoms with Crippen LogP contribution in [-0.2, 0) is 12.8 Å². The van der Waals surface area contributed by atoms with Crippen LogP contribution in [0.4, 0.5) is 4.39 Å². The third-order valence-corrected chi connectivity index (χ3v) is 4.08. The van der Waals surface area contributed by atoms with Gasteiger partial charge in [0.1, 0.15) is 5.82 Å². The quantitative estimate of drug-likeness (QED) is 0.796. The smallest absolute Gasteiger partial charge is 0.145 e. The Morgan fingerprint density at radius 3 is 2.29 bits per heavy atom. The summed E-state index contributed by atoms with van der Waals surface area (Å²) < 4.78 is 14.0. The second-order valence-electron chi connectivity index (χ2n) is 4.97. The Labute approximate surface area is 135 Å². The fourth-order valence-electron chi connectivity index (χ4n) is 2.41. The van der Waals surface area contributed by atoms with Gasteiger partial charge >= 0.3 is 0 Å². The minimum absolute atomic E-state index is 0.114. The average molecular weight is 326 g/mol. The van der Waals surface area contributed by atoms with Crippen LogP contribution in [0.1, 0.15) is 18.1 Å². The lowest BCUT2D eigenvalue weighted by atomic mass is 9.98. The zero-order valence-corrected chi connectivity index (χ0v) is 13.4. The van der Waals surface area contributed by atoms with Gasteiger partial charge in [0.05, 0.1) is 5.02 Å². The largest absolute Gasteiger partial charge is 0.314 e. The number of benzene rings is 2. The topological polar surface area (TPSA) is 12.0 Å². The Morgan fingerprint density at radius 2 is 1.57 bits per heavy atom. The van der Waals surface area contributed by atoms with Gasteiger partial charge in [0, 0.05) is 11.1 Å². The zero-order valence-electron chi connectivity index (χ0n) is 11.9. The molecule has 4 heteroatoms. The highest BCUT2D eigenvalue weighted by atomic mass is 35.5. The highest BCUT2D eigenvalue weighted by Crippen LogP contribution is 2.22. The minimum Gasteiger partial charge on any atom is -0.314 e. The van der Waals surface area contributed by atoms with Crippen molar-refractivity contribution in [3.8, 4) is 0 Å². The lowest BCUT2D eigenvalue weighted by Crippen LogP contribution is -2.33. The van der Waals surface area contributed by atoms with Gasteiger partial charge in [-0.05, 0) is 42.6 Å². The molecule has 112 valence electrons. The molecule has 0 heterocycles. The molecule has 0 bridgehead atoms. The van der Waals surface area contributed by atoms with Crippen LogP contribution in [0.2, 0.25) is 10.0 Å². The van der Waals surface area contributed by atoms with E-state index < -0.39 is 0 Å². The first-order valence-corrected chi connectivity index (χ1v) is 7.77. The van der Waals surface area contributed by atoms with Crippen LogP contribution in [0.5, 0.6) is 0 Å². The summed E-state index contributed by atoms with van der Waals surface area (Å²) in [7, 11) is 0. The van der Waals surface area contributed by atoms with E-state index in [9.17, 15) is 4.39 Å². The minimum atomic E-state index is -0.332. The number of likely N-dealkylation sites (N-methyl/N-ethyl adjacent to an activating group) is 1. The van der Waals surface area contributed by atoms with Gasteiger partial charge in [0.25, 0.3) is 0 Å². The first-order chi connectivity index (χ1) is 10.1. The molecular formula is C17H18Cl2FN. The molecule has 0 saturated heterocycles. The van der Waals surface area contributed by atoms with Crippen molar-refractivity contribution in [2.45, 2.75) is 25.8 Å². The number of halogens is 3. The fourth-order valence-corrected chi connectivity index (χ4v) is 2.81. The summed E-state index contributed by atoms with van der Waals surface area (Å²) in [4.78, 5) is 0. The van der Waals surface area contributed by atoms with Gasteiger partial charge < -0.3 is 5.32 Å². The van der Waals surface area contributed by atoms with Crippen LogP contribution in [-0.4, -0.2) is 12.6 Å². The molecule has 1 N–H and O–H groups in total. The van der Waals surface area contributed by atoms with Crippen molar-refractivity contribution in [3.63, 3.8) is 0 Å². The summed E-state index contributed by atoms with van der Waals surface area (Å²) in [5.74, 6) is -0.332. The Balaban J connectivity index is 2.16. The van der Waals surface area contributed by atoms with Gasteiger partial charge in [-0.3, -0.25) is 0 Å². The molecule has 0 amide bonds. The summed E-state index contributed by atoms with van der Waals surface area (Å²) >= 11 is 12.0. The van der Waals surface area contributed by atoms with E-state index >= 15 is 0 Å². The first kappa shape index (κ1) is 16.3. The van der Waals surface area contributed by atoms with E-state index in [1.807, 2.05) is 31.2 Å². The molecule has 0 aliphatic carbocycles. The maximum absolute atomic E-state index is 14.0. The molecule has 2 rings (SSSR count). The maximum atomic E-state index is 14.0. The molecule has 1 atom stereocenters. The molecular weight excluding hydrogens is 308 g/mol. The molecule has 0 aliphatic rings. The summed E-state index contributed by atoms with van der Waals surface area (Å²) in [5.41, 5.74) is 1.69. The third-order valence-electron chi connectivity index (χ3n) is 3.41. The lowest BCUT2D eigenvalue weighted by molar-refractivity contribution is 0.506. The van der Waals surface area contributed by atoms with E-state index in [0.29, 0.717) is 12.0 Å². The van der Waals surface area contributed by atoms with E-state index in [4.69, 9.17) is 23.2 Å². The van der Waals surface area contributed by atoms with Crippen LogP contribution in [0.15, 0.2) is 42.5 Å². The van der Waals surface area contributed by atoms with E-state index in [-0.39, 0.29) is 16.9 Å². The van der Waals surface area contributed by atoms with Gasteiger partial charge in [-0.15, -0.1) is 0 Å². The predicted molar refractivity (Wildman–Crippen MR) is 87.7 cm³/mol. The number of hydrogen-bond donors (Lipinski definition) is 1. The van der Waals surface area contributed by atoms with Gasteiger partial charge in [-0.2, -0.15) is 0 Å². The first-order valence-electron chi connectivity index (χ1n) is 7.01. The zero-order chi connectivity index (χ0) is 15.2. The molecule has 0 radical (unpaired) electrons. The van der Waals surface area contributed by atoms with Crippen LogP contribution in [0, 0.1) is 5.82 Å². The van der Waals surface area contributed by atoms with E-state index in [1.54, 1.807) is 18.2 Å². The van der Waals surface area contributed by atoms with Gasteiger partial charge in [-0.1, -0.05) is 60.5 Å². The predicted octanol–water partition coefficient (Wildman–Crippen LogP) is 4.90. The van der Waals surface area contributed by atoms with Crippen molar-refractivity contribution in [1.29, 1.82) is 0 Å². The molecule has 2 aromatic rings. The van der Waals surface area contributed by atoms with E-state index in [1.165, 1.54) is 0 Å². The van der Waals surface area contributed by atoms with E-state index in [2.05, 4.69) is 5.32 Å². The van der Waals surface area contributed by atoms with Crippen LogP contribution >= 0.6 is 23.2 Å². The van der Waals surface area contributed by atoms with Crippen LogP contribution in [0.25, 0.3) is 0 Å². The Hall–Kier alpha value is -1.09. The molecule has 0 spiro atoms. The van der Waals surface area contributed by atoms with Crippen LogP contribution in [0.3, 0.4) is 0 Å². The third kappa shape index (κ3) is 4.44. The fraction of sp³-hybridized carbons (Fsp3) is 0.294. The summed E-state index contributed by atoms with van der Waals surface area (Å²) in [6.45, 7) is 2.85. The van der Waals surface area contributed by atoms with Crippen molar-refractivity contribution in [1.82, 2.24) is 5.32 Å². The van der Waals surface area contributed by atoms with Gasteiger partial charge in [-0.25, -0.2) is 4.39 Å². The van der Waals surface area contributed by atoms with Crippen molar-refractivity contribution in [2.75, 3.05) is 6.54 Å². The SMILES string of the molecule is CCNC(Cc1ccccc1Cl)Cc1cccc(Cl)c1F. The van der Waals surface area contributed by atoms with Crippen LogP contribution < -0.4 is 5.32 Å². The molecule has 0 aromatic heterocycles. The molecule has 0 aliphatic heterocycles. The van der Waals surface area contributed by atoms with Crippen molar-refractivity contribution in [3.05, 3.63) is 69.5 Å². The van der Waals surface area contributed by atoms with Crippen molar-refractivity contribution >= 4 is 23.2 Å². The highest BCUT2D eigenvalue weighted by Gasteiger charge is 2.15. The Morgan fingerprint density at radius 1 is 0.952 bits per heavy atom. The highest BCUT2D eigenvalue weighted by molar-refractivity contribution is 6.31. The summed E-state index contributed by atoms with van der Waals surface area (Å²) in [5, 5.41) is 4.29. The molecule has 0 saturated carbocycles. The molecule has 2 aromatic carbocycles. The normalized spacial score (nSPS) is 12.4. The monoisotopic (exact) mass is 325 g/mol. The van der Waals surface area contributed by atoms with Gasteiger partial charge in [0.15, 0.2) is 0 Å². The molecule has 1 nitrogen and oxygen atoms in total. The molecule has 21 heavy (non-hydrogen) atoms. The van der Waals surface area contributed by atoms with Gasteiger partial charge in [0.2, 0.25) is 0 Å². The Bertz CT molecular complexity index is 601. The molecule has 0 fully saturated rings. The van der Waals surface area contributed by atoms with Crippen molar-refractivity contribution in [2.24, 2.45) is 0 Å². The van der Waals surface area contributed by atoms with E-state index in [0.717, 1.165) is 23.6 Å². The number of nitrogens with one attached hydrogen (secondary N) is 1. The summed E-state index contributed by atoms with van der Waals surface area (Å²) in [6, 6.07) is 13.0. The average Bonchev–Trinajstić information content (AvgIpc) is 2.46. The number of hydrogen-bond acceptors (Lipinski definition) is 1. The molecule has 1 unspecified atom stereocenters. The van der Waals surface area contributed by atoms with Crippen molar-refractivity contribution < 1.29 is 4.39 Å². The number of rotatable bonds is 6. The summed E-state index contributed by atoms with van der Waals surface area (Å²) in [6.07, 6.45) is 1.32. The lowest BCUT2D eigenvalue weighted by Gasteiger charge is -2.19. The maximum Gasteiger partial charge on any atom is 0.145 e. The standard InChI is InChI=1S/C17H18Cl2FN/c1-2-21-14(10-12-6-3-4-8-15(12)18)11-13-7-5-9-16(19)17(13)20/h3-9,14,21H,2,10-11H2,1H3. The second kappa shape index (κ2) is 7.79. The Kier molecular flexibility index (Phi) is 6.04. The second-order valence-corrected chi connectivity index (χ2v) is 5.78.